The second-order valence-electron chi connectivity index (χ2n) is 5.90. The van der Waals surface area contributed by atoms with Gasteiger partial charge < -0.3 is 14.2 Å². The molecule has 0 aliphatic carbocycles. The average Bonchev–Trinajstić information content (AvgIpc) is 2.70. The second-order valence-corrected chi connectivity index (χ2v) is 6.81. The van der Waals surface area contributed by atoms with Gasteiger partial charge in [0.15, 0.2) is 11.5 Å². The van der Waals surface area contributed by atoms with E-state index in [9.17, 15) is 14.4 Å². The number of hydrogen-bond donors (Lipinski definition) is 1. The number of nitrogens with zero attached hydrogens (tertiary/aromatic N) is 1. The van der Waals surface area contributed by atoms with Crippen LogP contribution in [-0.2, 0) is 9.59 Å². The topological polar surface area (TPSA) is 94.2 Å². The molecule has 29 heavy (non-hydrogen) atoms. The van der Waals surface area contributed by atoms with E-state index < -0.39 is 17.8 Å². The summed E-state index contributed by atoms with van der Waals surface area (Å²) in [5.41, 5.74) is 0.575. The average molecular weight is 461 g/mol. The molecule has 0 radical (unpaired) electrons. The van der Waals surface area contributed by atoms with Gasteiger partial charge in [0, 0.05) is 4.47 Å². The summed E-state index contributed by atoms with van der Waals surface area (Å²) in [6.45, 7) is 0. The van der Waals surface area contributed by atoms with Crippen LogP contribution in [0.25, 0.3) is 6.08 Å². The first-order chi connectivity index (χ1) is 13.9. The number of carbonyl (C=O) groups is 3. The second kappa shape index (κ2) is 8.36. The Bertz CT molecular complexity index is 1010. The molecule has 0 aromatic heterocycles. The summed E-state index contributed by atoms with van der Waals surface area (Å²) in [5.74, 6) is -0.433. The molecule has 1 aliphatic rings. The molecule has 0 unspecified atom stereocenters. The zero-order valence-electron chi connectivity index (χ0n) is 15.8. The number of methoxy groups -OCH3 is 3. The number of halogens is 1. The number of urea groups is 1. The Kier molecular flexibility index (Phi) is 5.88. The van der Waals surface area contributed by atoms with Crippen LogP contribution in [0, 0.1) is 0 Å². The van der Waals surface area contributed by atoms with Gasteiger partial charge in [-0.2, -0.15) is 0 Å². The first-order valence-corrected chi connectivity index (χ1v) is 9.16. The van der Waals surface area contributed by atoms with Crippen LogP contribution >= 0.6 is 15.9 Å². The number of ether oxygens (including phenoxy) is 3. The number of benzene rings is 2. The minimum atomic E-state index is -0.819. The molecule has 1 N–H and O–H groups in total. The Labute approximate surface area is 175 Å². The van der Waals surface area contributed by atoms with Gasteiger partial charge in [0.05, 0.1) is 27.0 Å². The third kappa shape index (κ3) is 3.95. The van der Waals surface area contributed by atoms with Crippen LogP contribution in [0.1, 0.15) is 5.56 Å². The van der Waals surface area contributed by atoms with Crippen LogP contribution in [0.3, 0.4) is 0 Å². The standard InChI is InChI=1S/C20H17BrN2O6/c1-27-15-8-11(9-16(28-2)17(15)29-3)7-14-18(24)22-20(26)23(19(14)25)13-6-4-5-12(21)10-13/h4-10H,1-3H3,(H,22,24,26). The molecule has 1 heterocycles. The van der Waals surface area contributed by atoms with Gasteiger partial charge in [-0.1, -0.05) is 22.0 Å². The van der Waals surface area contributed by atoms with Gasteiger partial charge in [-0.05, 0) is 42.0 Å². The summed E-state index contributed by atoms with van der Waals surface area (Å²) in [6, 6.07) is 9.00. The fraction of sp³-hybridized carbons (Fsp3) is 0.150. The van der Waals surface area contributed by atoms with Gasteiger partial charge in [-0.25, -0.2) is 9.69 Å². The van der Waals surface area contributed by atoms with Gasteiger partial charge in [0.25, 0.3) is 11.8 Å². The van der Waals surface area contributed by atoms with Crippen molar-refractivity contribution in [2.45, 2.75) is 0 Å². The fourth-order valence-corrected chi connectivity index (χ4v) is 3.25. The lowest BCUT2D eigenvalue weighted by molar-refractivity contribution is -0.122. The van der Waals surface area contributed by atoms with Gasteiger partial charge in [0.1, 0.15) is 5.57 Å². The van der Waals surface area contributed by atoms with Crippen molar-refractivity contribution in [3.63, 3.8) is 0 Å². The summed E-state index contributed by atoms with van der Waals surface area (Å²) in [7, 11) is 4.39. The van der Waals surface area contributed by atoms with E-state index in [-0.39, 0.29) is 5.57 Å². The van der Waals surface area contributed by atoms with Crippen LogP contribution < -0.4 is 24.4 Å². The quantitative estimate of drug-likeness (QED) is 0.543. The minimum absolute atomic E-state index is 0.209. The Morgan fingerprint density at radius 3 is 2.17 bits per heavy atom. The van der Waals surface area contributed by atoms with E-state index >= 15 is 0 Å². The normalized spacial score (nSPS) is 15.4. The molecule has 1 aliphatic heterocycles. The Hall–Kier alpha value is -3.33. The van der Waals surface area contributed by atoms with Crippen molar-refractivity contribution in [1.29, 1.82) is 0 Å². The van der Waals surface area contributed by atoms with E-state index in [1.165, 1.54) is 27.4 Å². The van der Waals surface area contributed by atoms with Crippen LogP contribution in [0.5, 0.6) is 17.2 Å². The van der Waals surface area contributed by atoms with E-state index in [4.69, 9.17) is 14.2 Å². The fourth-order valence-electron chi connectivity index (χ4n) is 2.86. The van der Waals surface area contributed by atoms with Crippen LogP contribution in [-0.4, -0.2) is 39.2 Å². The highest BCUT2D eigenvalue weighted by molar-refractivity contribution is 9.10. The smallest absolute Gasteiger partial charge is 0.335 e. The molecular formula is C20H17BrN2O6. The number of imide groups is 2. The highest BCUT2D eigenvalue weighted by Crippen LogP contribution is 2.39. The molecule has 2 aromatic carbocycles. The van der Waals surface area contributed by atoms with E-state index in [0.29, 0.717) is 33.0 Å². The number of amides is 4. The number of nitrogens with one attached hydrogen (secondary N) is 1. The van der Waals surface area contributed by atoms with E-state index in [1.807, 2.05) is 0 Å². The van der Waals surface area contributed by atoms with Crippen molar-refractivity contribution >= 4 is 45.5 Å². The van der Waals surface area contributed by atoms with Crippen molar-refractivity contribution < 1.29 is 28.6 Å². The molecule has 1 fully saturated rings. The minimum Gasteiger partial charge on any atom is -0.493 e. The molecule has 3 rings (SSSR count). The summed E-state index contributed by atoms with van der Waals surface area (Å²) < 4.78 is 16.5. The lowest BCUT2D eigenvalue weighted by Crippen LogP contribution is -2.54. The predicted octanol–water partition coefficient (Wildman–Crippen LogP) is 3.14. The molecule has 8 nitrogen and oxygen atoms in total. The van der Waals surface area contributed by atoms with Crippen LogP contribution in [0.4, 0.5) is 10.5 Å². The molecule has 150 valence electrons. The Balaban J connectivity index is 2.07. The highest BCUT2D eigenvalue weighted by atomic mass is 79.9. The maximum Gasteiger partial charge on any atom is 0.335 e. The molecule has 2 aromatic rings. The predicted molar refractivity (Wildman–Crippen MR) is 109 cm³/mol. The van der Waals surface area contributed by atoms with Crippen LogP contribution in [0.15, 0.2) is 46.4 Å². The van der Waals surface area contributed by atoms with Gasteiger partial charge in [-0.15, -0.1) is 0 Å². The van der Waals surface area contributed by atoms with Crippen molar-refractivity contribution in [1.82, 2.24) is 5.32 Å². The number of anilines is 1. The largest absolute Gasteiger partial charge is 0.493 e. The third-order valence-corrected chi connectivity index (χ3v) is 4.66. The monoisotopic (exact) mass is 460 g/mol. The number of hydrogen-bond acceptors (Lipinski definition) is 6. The number of rotatable bonds is 5. The lowest BCUT2D eigenvalue weighted by atomic mass is 10.1. The van der Waals surface area contributed by atoms with E-state index in [1.54, 1.807) is 36.4 Å². The summed E-state index contributed by atoms with van der Waals surface area (Å²) in [6.07, 6.45) is 1.36. The maximum absolute atomic E-state index is 13.0. The van der Waals surface area contributed by atoms with Crippen LogP contribution in [0.2, 0.25) is 0 Å². The van der Waals surface area contributed by atoms with Crippen molar-refractivity contribution in [3.05, 3.63) is 52.0 Å². The first-order valence-electron chi connectivity index (χ1n) is 8.36. The van der Waals surface area contributed by atoms with Gasteiger partial charge in [-0.3, -0.25) is 14.9 Å². The number of carbonyl (C=O) groups excluding carboxylic acids is 3. The third-order valence-electron chi connectivity index (χ3n) is 4.17. The maximum atomic E-state index is 13.0. The molecule has 1 saturated heterocycles. The van der Waals surface area contributed by atoms with Crippen molar-refractivity contribution in [3.8, 4) is 17.2 Å². The zero-order valence-corrected chi connectivity index (χ0v) is 17.4. The lowest BCUT2D eigenvalue weighted by Gasteiger charge is -2.26. The molecular weight excluding hydrogens is 444 g/mol. The Morgan fingerprint density at radius 2 is 1.62 bits per heavy atom. The van der Waals surface area contributed by atoms with Gasteiger partial charge in [0.2, 0.25) is 5.75 Å². The van der Waals surface area contributed by atoms with Gasteiger partial charge >= 0.3 is 6.03 Å². The summed E-state index contributed by atoms with van der Waals surface area (Å²) >= 11 is 3.30. The Morgan fingerprint density at radius 1 is 0.966 bits per heavy atom. The molecule has 4 amide bonds. The highest BCUT2D eigenvalue weighted by Gasteiger charge is 2.37. The van der Waals surface area contributed by atoms with Crippen molar-refractivity contribution in [2.75, 3.05) is 26.2 Å². The molecule has 0 saturated carbocycles. The molecule has 9 heteroatoms. The van der Waals surface area contributed by atoms with E-state index in [0.717, 1.165) is 4.90 Å². The summed E-state index contributed by atoms with van der Waals surface area (Å²) in [5, 5.41) is 2.18. The van der Waals surface area contributed by atoms with Crippen molar-refractivity contribution in [2.24, 2.45) is 0 Å². The summed E-state index contributed by atoms with van der Waals surface area (Å²) in [4.78, 5) is 38.5. The molecule has 0 spiro atoms. The molecule has 0 bridgehead atoms. The molecule has 0 atom stereocenters. The van der Waals surface area contributed by atoms with E-state index in [2.05, 4.69) is 21.2 Å². The zero-order chi connectivity index (χ0) is 21.1. The first kappa shape index (κ1) is 20.4. The number of barbiturate groups is 1. The SMILES string of the molecule is COc1cc(C=C2C(=O)NC(=O)N(c3cccc(Br)c3)C2=O)cc(OC)c1OC.